The van der Waals surface area contributed by atoms with E-state index in [2.05, 4.69) is 0 Å². The average Bonchev–Trinajstić information content (AvgIpc) is 2.95. The van der Waals surface area contributed by atoms with Crippen molar-refractivity contribution in [2.75, 3.05) is 26.9 Å². The van der Waals surface area contributed by atoms with Gasteiger partial charge in [-0.25, -0.2) is 0 Å². The second-order valence-corrected chi connectivity index (χ2v) is 5.08. The Hall–Kier alpha value is -1.14. The second kappa shape index (κ2) is 5.24. The minimum atomic E-state index is -0.909. The van der Waals surface area contributed by atoms with Crippen molar-refractivity contribution in [2.24, 2.45) is 11.8 Å². The number of carbonyl (C=O) groups is 2. The minimum absolute atomic E-state index is 0.0406. The first-order chi connectivity index (χ1) is 8.50. The van der Waals surface area contributed by atoms with E-state index in [-0.39, 0.29) is 30.6 Å². The Morgan fingerprint density at radius 1 is 1.28 bits per heavy atom. The lowest BCUT2D eigenvalue weighted by Gasteiger charge is -2.28. The van der Waals surface area contributed by atoms with Crippen LogP contribution in [0, 0.1) is 11.8 Å². The van der Waals surface area contributed by atoms with Crippen molar-refractivity contribution in [2.45, 2.75) is 25.5 Å². The van der Waals surface area contributed by atoms with Crippen LogP contribution in [0.25, 0.3) is 0 Å². The van der Waals surface area contributed by atoms with E-state index >= 15 is 0 Å². The smallest absolute Gasteiger partial charge is 0.311 e. The third-order valence-corrected chi connectivity index (χ3v) is 3.76. The van der Waals surface area contributed by atoms with Crippen molar-refractivity contribution in [1.29, 1.82) is 0 Å². The van der Waals surface area contributed by atoms with Crippen LogP contribution in [-0.2, 0) is 19.1 Å². The Morgan fingerprint density at radius 3 is 2.56 bits per heavy atom. The van der Waals surface area contributed by atoms with E-state index in [1.54, 1.807) is 7.05 Å². The number of rotatable bonds is 3. The molecule has 4 unspecified atom stereocenters. The molecule has 0 bridgehead atoms. The van der Waals surface area contributed by atoms with Crippen molar-refractivity contribution in [3.05, 3.63) is 0 Å². The van der Waals surface area contributed by atoms with Crippen LogP contribution in [0.5, 0.6) is 0 Å². The fourth-order valence-corrected chi connectivity index (χ4v) is 2.60. The zero-order valence-electron chi connectivity index (χ0n) is 10.7. The van der Waals surface area contributed by atoms with Gasteiger partial charge in [-0.15, -0.1) is 0 Å². The number of carbonyl (C=O) groups excluding carboxylic acids is 1. The molecule has 6 heteroatoms. The zero-order valence-corrected chi connectivity index (χ0v) is 10.7. The molecule has 0 saturated carbocycles. The summed E-state index contributed by atoms with van der Waals surface area (Å²) in [5.74, 6) is -1.73. The molecule has 18 heavy (non-hydrogen) atoms. The van der Waals surface area contributed by atoms with Crippen molar-refractivity contribution in [3.63, 3.8) is 0 Å². The van der Waals surface area contributed by atoms with Crippen molar-refractivity contribution in [3.8, 4) is 0 Å². The molecule has 0 radical (unpaired) electrons. The predicted molar refractivity (Wildman–Crippen MR) is 62.0 cm³/mol. The zero-order chi connectivity index (χ0) is 13.3. The van der Waals surface area contributed by atoms with Crippen molar-refractivity contribution < 1.29 is 24.2 Å². The lowest BCUT2D eigenvalue weighted by atomic mass is 9.99. The van der Waals surface area contributed by atoms with Crippen LogP contribution < -0.4 is 0 Å². The van der Waals surface area contributed by atoms with Gasteiger partial charge >= 0.3 is 5.97 Å². The first-order valence-corrected chi connectivity index (χ1v) is 6.19. The highest BCUT2D eigenvalue weighted by Gasteiger charge is 2.41. The number of hydrogen-bond donors (Lipinski definition) is 1. The van der Waals surface area contributed by atoms with Crippen LogP contribution >= 0.6 is 0 Å². The average molecular weight is 257 g/mol. The molecule has 2 heterocycles. The van der Waals surface area contributed by atoms with E-state index < -0.39 is 11.9 Å². The van der Waals surface area contributed by atoms with Gasteiger partial charge in [-0.05, 0) is 13.3 Å². The molecule has 1 amide bonds. The Kier molecular flexibility index (Phi) is 3.87. The van der Waals surface area contributed by atoms with E-state index in [1.165, 1.54) is 4.90 Å². The predicted octanol–water partition coefficient (Wildman–Crippen LogP) is -0.0306. The van der Waals surface area contributed by atoms with Crippen LogP contribution in [0.1, 0.15) is 13.3 Å². The molecule has 2 rings (SSSR count). The summed E-state index contributed by atoms with van der Waals surface area (Å²) in [6.07, 6.45) is 0.802. The highest BCUT2D eigenvalue weighted by molar-refractivity contribution is 5.80. The summed E-state index contributed by atoms with van der Waals surface area (Å²) in [5.41, 5.74) is 0. The normalized spacial score (nSPS) is 35.7. The van der Waals surface area contributed by atoms with Crippen molar-refractivity contribution >= 4 is 11.9 Å². The molecule has 2 fully saturated rings. The quantitative estimate of drug-likeness (QED) is 0.768. The SMILES string of the molecule is CC1CC(C(=O)N(C)C2COCC2C(=O)O)CO1. The Labute approximate surface area is 106 Å². The van der Waals surface area contributed by atoms with Crippen LogP contribution in [0.2, 0.25) is 0 Å². The van der Waals surface area contributed by atoms with E-state index in [1.807, 2.05) is 6.92 Å². The molecule has 2 aliphatic rings. The Balaban J connectivity index is 2.00. The molecule has 6 nitrogen and oxygen atoms in total. The number of amides is 1. The monoisotopic (exact) mass is 257 g/mol. The molecule has 4 atom stereocenters. The van der Waals surface area contributed by atoms with Gasteiger partial charge in [0.2, 0.25) is 5.91 Å². The molecule has 0 aromatic rings. The van der Waals surface area contributed by atoms with Crippen LogP contribution in [0.4, 0.5) is 0 Å². The van der Waals surface area contributed by atoms with Gasteiger partial charge in [-0.2, -0.15) is 0 Å². The summed E-state index contributed by atoms with van der Waals surface area (Å²) in [5, 5.41) is 9.08. The number of likely N-dealkylation sites (N-methyl/N-ethyl adjacent to an activating group) is 1. The first kappa shape index (κ1) is 13.3. The lowest BCUT2D eigenvalue weighted by Crippen LogP contribution is -2.46. The second-order valence-electron chi connectivity index (χ2n) is 5.08. The fraction of sp³-hybridized carbons (Fsp3) is 0.833. The van der Waals surface area contributed by atoms with Crippen LogP contribution in [-0.4, -0.2) is 60.9 Å². The third kappa shape index (κ3) is 2.49. The molecular weight excluding hydrogens is 238 g/mol. The maximum Gasteiger partial charge on any atom is 0.311 e. The molecule has 2 aliphatic heterocycles. The molecule has 0 aromatic carbocycles. The van der Waals surface area contributed by atoms with Gasteiger partial charge in [0.25, 0.3) is 0 Å². The van der Waals surface area contributed by atoms with E-state index in [0.717, 1.165) is 0 Å². The standard InChI is InChI=1S/C12H19NO5/c1-7-3-8(4-18-7)11(14)13(2)10-6-17-5-9(10)12(15)16/h7-10H,3-6H2,1-2H3,(H,15,16). The number of nitrogens with zero attached hydrogens (tertiary/aromatic N) is 1. The minimum Gasteiger partial charge on any atom is -0.481 e. The summed E-state index contributed by atoms with van der Waals surface area (Å²) < 4.78 is 10.6. The number of aliphatic carboxylic acids is 1. The Bertz CT molecular complexity index is 345. The van der Waals surface area contributed by atoms with Gasteiger partial charge in [-0.3, -0.25) is 9.59 Å². The van der Waals surface area contributed by atoms with Crippen LogP contribution in [0.15, 0.2) is 0 Å². The molecule has 102 valence electrons. The van der Waals surface area contributed by atoms with Gasteiger partial charge in [-0.1, -0.05) is 0 Å². The summed E-state index contributed by atoms with van der Waals surface area (Å²) in [4.78, 5) is 24.8. The van der Waals surface area contributed by atoms with Crippen LogP contribution in [0.3, 0.4) is 0 Å². The molecule has 1 N–H and O–H groups in total. The summed E-state index contributed by atoms with van der Waals surface area (Å²) in [7, 11) is 1.65. The lowest BCUT2D eigenvalue weighted by molar-refractivity contribution is -0.145. The molecule has 2 saturated heterocycles. The Morgan fingerprint density at radius 2 is 2.00 bits per heavy atom. The summed E-state index contributed by atoms with van der Waals surface area (Å²) in [6, 6.07) is -0.370. The highest BCUT2D eigenvalue weighted by atomic mass is 16.5. The largest absolute Gasteiger partial charge is 0.481 e. The maximum atomic E-state index is 12.2. The molecular formula is C12H19NO5. The van der Waals surface area contributed by atoms with Gasteiger partial charge in [0.05, 0.1) is 37.9 Å². The van der Waals surface area contributed by atoms with Gasteiger partial charge < -0.3 is 19.5 Å². The number of carboxylic acids is 1. The third-order valence-electron chi connectivity index (χ3n) is 3.76. The number of hydrogen-bond acceptors (Lipinski definition) is 4. The topological polar surface area (TPSA) is 76.1 Å². The molecule has 0 spiro atoms. The summed E-state index contributed by atoms with van der Waals surface area (Å²) in [6.45, 7) is 2.83. The molecule has 0 aliphatic carbocycles. The van der Waals surface area contributed by atoms with E-state index in [9.17, 15) is 9.59 Å². The maximum absolute atomic E-state index is 12.2. The molecule has 0 aromatic heterocycles. The fourth-order valence-electron chi connectivity index (χ4n) is 2.60. The van der Waals surface area contributed by atoms with Crippen molar-refractivity contribution in [1.82, 2.24) is 4.90 Å². The number of ether oxygens (including phenoxy) is 2. The van der Waals surface area contributed by atoms with E-state index in [4.69, 9.17) is 14.6 Å². The van der Waals surface area contributed by atoms with Gasteiger partial charge in [0.15, 0.2) is 0 Å². The summed E-state index contributed by atoms with van der Waals surface area (Å²) >= 11 is 0. The van der Waals surface area contributed by atoms with Gasteiger partial charge in [0.1, 0.15) is 5.92 Å². The first-order valence-electron chi connectivity index (χ1n) is 6.19. The number of carboxylic acid groups (broad SMARTS) is 1. The van der Waals surface area contributed by atoms with Gasteiger partial charge in [0, 0.05) is 7.05 Å². The highest BCUT2D eigenvalue weighted by Crippen LogP contribution is 2.25. The van der Waals surface area contributed by atoms with E-state index in [0.29, 0.717) is 19.6 Å².